The van der Waals surface area contributed by atoms with Crippen molar-refractivity contribution in [3.05, 3.63) is 151 Å². The average Bonchev–Trinajstić information content (AvgIpc) is 3.62. The van der Waals surface area contributed by atoms with Gasteiger partial charge in [-0.05, 0) is 66.6 Å². The Morgan fingerprint density at radius 1 is 0.700 bits per heavy atom. The molecule has 1 saturated heterocycles. The van der Waals surface area contributed by atoms with Crippen molar-refractivity contribution in [3.63, 3.8) is 0 Å². The smallest absolute Gasteiger partial charge is 0.410 e. The van der Waals surface area contributed by atoms with Crippen LogP contribution in [0.3, 0.4) is 0 Å². The van der Waals surface area contributed by atoms with Crippen LogP contribution in [0.4, 0.5) is 4.79 Å². The maximum absolute atomic E-state index is 14.3. The van der Waals surface area contributed by atoms with Gasteiger partial charge in [0.1, 0.15) is 0 Å². The molecule has 1 aliphatic rings. The molecule has 0 saturated carbocycles. The topological polar surface area (TPSA) is 56.5 Å². The lowest BCUT2D eigenvalue weighted by Gasteiger charge is -2.29. The van der Waals surface area contributed by atoms with Crippen LogP contribution in [0.5, 0.6) is 0 Å². The number of likely N-dealkylation sites (tertiary alicyclic amines) is 1. The number of hydrogen-bond acceptors (Lipinski definition) is 3. The van der Waals surface area contributed by atoms with Gasteiger partial charge in [-0.15, -0.1) is 0 Å². The molecule has 0 spiro atoms. The molecule has 6 aromatic rings. The minimum Gasteiger partial charge on any atom is -0.450 e. The number of amides is 1. The molecule has 0 unspecified atom stereocenters. The molecule has 3 heterocycles. The largest absolute Gasteiger partial charge is 0.450 e. The number of carbonyl (C=O) groups excluding carboxylic acids is 2. The zero-order valence-corrected chi connectivity index (χ0v) is 30.0. The van der Waals surface area contributed by atoms with Crippen LogP contribution in [0.2, 0.25) is 20.1 Å². The van der Waals surface area contributed by atoms with Crippen molar-refractivity contribution in [2.45, 2.75) is 20.0 Å². The minimum absolute atomic E-state index is 0.119. The Morgan fingerprint density at radius 3 is 1.60 bits per heavy atom. The Morgan fingerprint density at radius 2 is 1.16 bits per heavy atom. The predicted molar refractivity (Wildman–Crippen MR) is 205 cm³/mol. The average molecular weight is 744 g/mol. The van der Waals surface area contributed by atoms with Gasteiger partial charge in [-0.25, -0.2) is 4.79 Å². The first-order valence-electron chi connectivity index (χ1n) is 16.1. The van der Waals surface area contributed by atoms with E-state index in [1.807, 2.05) is 97.3 Å². The van der Waals surface area contributed by atoms with Crippen molar-refractivity contribution >= 4 is 92.2 Å². The molecule has 0 atom stereocenters. The van der Waals surface area contributed by atoms with Crippen LogP contribution in [0.1, 0.15) is 29.2 Å². The number of aromatic nitrogens is 2. The number of benzene rings is 4. The molecule has 0 N–H and O–H groups in total. The van der Waals surface area contributed by atoms with Gasteiger partial charge >= 0.3 is 6.09 Å². The Kier molecular flexibility index (Phi) is 9.80. The second-order valence-corrected chi connectivity index (χ2v) is 13.8. The molecule has 4 aromatic carbocycles. The van der Waals surface area contributed by atoms with Gasteiger partial charge in [0.05, 0.1) is 19.7 Å². The summed E-state index contributed by atoms with van der Waals surface area (Å²) in [5, 5.41) is 4.25. The van der Waals surface area contributed by atoms with E-state index in [0.29, 0.717) is 44.3 Å². The lowest BCUT2D eigenvalue weighted by atomic mass is 9.94. The lowest BCUT2D eigenvalue weighted by Crippen LogP contribution is -2.41. The minimum atomic E-state index is -0.476. The van der Waals surface area contributed by atoms with Gasteiger partial charge in [-0.3, -0.25) is 9.69 Å². The number of nitrogens with zero attached hydrogens (tertiary/aromatic N) is 3. The summed E-state index contributed by atoms with van der Waals surface area (Å²) in [6.45, 7) is 3.26. The SMILES string of the molecule is CCOC(=O)N1C/C(=C\c2cn(Cc3ccc(Cl)cc3Cl)c3ccccc23)C(=O)/C(=C/c2cn(Cc3ccc(Cl)cc3Cl)c3ccccc23)C1. The van der Waals surface area contributed by atoms with E-state index in [4.69, 9.17) is 51.1 Å². The molecule has 7 rings (SSSR count). The second kappa shape index (κ2) is 14.4. The molecule has 10 heteroatoms. The molecule has 0 radical (unpaired) electrons. The number of ketones is 1. The van der Waals surface area contributed by atoms with Crippen molar-refractivity contribution in [1.29, 1.82) is 0 Å². The number of piperidine rings is 1. The van der Waals surface area contributed by atoms with Gasteiger partial charge in [0.2, 0.25) is 0 Å². The van der Waals surface area contributed by atoms with Crippen LogP contribution in [-0.2, 0) is 22.6 Å². The number of carbonyl (C=O) groups is 2. The highest BCUT2D eigenvalue weighted by Gasteiger charge is 2.30. The quantitative estimate of drug-likeness (QED) is 0.153. The second-order valence-electron chi connectivity index (χ2n) is 12.2. The summed E-state index contributed by atoms with van der Waals surface area (Å²) < 4.78 is 9.61. The first kappa shape index (κ1) is 34.0. The van der Waals surface area contributed by atoms with E-state index in [2.05, 4.69) is 9.13 Å². The van der Waals surface area contributed by atoms with E-state index in [0.717, 1.165) is 44.1 Å². The molecular formula is C40H31Cl4N3O3. The molecule has 1 fully saturated rings. The van der Waals surface area contributed by atoms with E-state index >= 15 is 0 Å². The van der Waals surface area contributed by atoms with Crippen molar-refractivity contribution < 1.29 is 14.3 Å². The molecule has 1 aliphatic heterocycles. The summed E-state index contributed by atoms with van der Waals surface area (Å²) in [6.07, 6.45) is 7.32. The Bertz CT molecular complexity index is 2200. The molecule has 50 heavy (non-hydrogen) atoms. The maximum Gasteiger partial charge on any atom is 0.410 e. The van der Waals surface area contributed by atoms with Crippen molar-refractivity contribution in [1.82, 2.24) is 14.0 Å². The zero-order valence-electron chi connectivity index (χ0n) is 27.0. The lowest BCUT2D eigenvalue weighted by molar-refractivity contribution is -0.113. The van der Waals surface area contributed by atoms with E-state index in [1.54, 1.807) is 24.0 Å². The zero-order chi connectivity index (χ0) is 34.9. The number of Topliss-reactive ketones (excluding diaryl/α,β-unsaturated/α-hetero) is 1. The van der Waals surface area contributed by atoms with Crippen LogP contribution in [0.15, 0.2) is 108 Å². The van der Waals surface area contributed by atoms with Crippen LogP contribution in [0, 0.1) is 0 Å². The number of rotatable bonds is 7. The third-order valence-corrected chi connectivity index (χ3v) is 10.0. The molecule has 6 nitrogen and oxygen atoms in total. The van der Waals surface area contributed by atoms with Crippen LogP contribution < -0.4 is 0 Å². The van der Waals surface area contributed by atoms with Crippen molar-refractivity contribution in [3.8, 4) is 0 Å². The fraction of sp³-hybridized carbons (Fsp3) is 0.150. The third-order valence-electron chi connectivity index (χ3n) is 8.84. The Balaban J connectivity index is 1.29. The summed E-state index contributed by atoms with van der Waals surface area (Å²) in [6, 6.07) is 26.9. The normalized spacial score (nSPS) is 15.1. The number of halogens is 4. The van der Waals surface area contributed by atoms with Gasteiger partial charge in [0.15, 0.2) is 5.78 Å². The van der Waals surface area contributed by atoms with Gasteiger partial charge in [0.25, 0.3) is 0 Å². The Hall–Kier alpha value is -4.46. The number of fused-ring (bicyclic) bond motifs is 2. The molecular weight excluding hydrogens is 712 g/mol. The monoisotopic (exact) mass is 741 g/mol. The fourth-order valence-corrected chi connectivity index (χ4v) is 7.40. The number of para-hydroxylation sites is 2. The fourth-order valence-electron chi connectivity index (χ4n) is 6.47. The highest BCUT2D eigenvalue weighted by molar-refractivity contribution is 6.35. The summed E-state index contributed by atoms with van der Waals surface area (Å²) in [5.41, 5.74) is 6.49. The molecule has 0 aliphatic carbocycles. The van der Waals surface area contributed by atoms with E-state index < -0.39 is 6.09 Å². The van der Waals surface area contributed by atoms with E-state index in [1.165, 1.54) is 0 Å². The highest BCUT2D eigenvalue weighted by atomic mass is 35.5. The molecule has 0 bridgehead atoms. The standard InChI is InChI=1S/C40H31Cl4N3O3/c1-2-50-40(49)47-23-29(15-27-21-45(37-9-5-3-7-33(27)37)19-25-11-13-31(41)17-35(25)43)39(48)30(24-47)16-28-22-46(38-10-6-4-8-34(28)38)20-26-12-14-32(42)18-36(26)44/h3-18,21-22H,2,19-20,23-24H2,1H3/b29-15+,30-16+. The van der Waals surface area contributed by atoms with E-state index in [-0.39, 0.29) is 25.5 Å². The van der Waals surface area contributed by atoms with Gasteiger partial charge in [0, 0.05) is 89.7 Å². The Labute approximate surface area is 309 Å². The van der Waals surface area contributed by atoms with Crippen LogP contribution >= 0.6 is 46.4 Å². The maximum atomic E-state index is 14.3. The summed E-state index contributed by atoms with van der Waals surface area (Å²) in [7, 11) is 0. The van der Waals surface area contributed by atoms with Gasteiger partial charge in [-0.1, -0.05) is 94.9 Å². The van der Waals surface area contributed by atoms with Gasteiger partial charge < -0.3 is 13.9 Å². The third kappa shape index (κ3) is 6.94. The van der Waals surface area contributed by atoms with Crippen molar-refractivity contribution in [2.75, 3.05) is 19.7 Å². The summed E-state index contributed by atoms with van der Waals surface area (Å²) >= 11 is 25.4. The number of hydrogen-bond donors (Lipinski definition) is 0. The molecule has 1 amide bonds. The first-order valence-corrected chi connectivity index (χ1v) is 17.6. The van der Waals surface area contributed by atoms with Crippen molar-refractivity contribution in [2.24, 2.45) is 0 Å². The van der Waals surface area contributed by atoms with Crippen LogP contribution in [-0.4, -0.2) is 45.6 Å². The predicted octanol–water partition coefficient (Wildman–Crippen LogP) is 10.8. The summed E-state index contributed by atoms with van der Waals surface area (Å²) in [5.74, 6) is -0.124. The summed E-state index contributed by atoms with van der Waals surface area (Å²) in [4.78, 5) is 29.0. The molecule has 252 valence electrons. The van der Waals surface area contributed by atoms with Gasteiger partial charge in [-0.2, -0.15) is 0 Å². The van der Waals surface area contributed by atoms with E-state index in [9.17, 15) is 9.59 Å². The first-order chi connectivity index (χ1) is 24.2. The van der Waals surface area contributed by atoms with Crippen LogP contribution in [0.25, 0.3) is 34.0 Å². The molecule has 2 aromatic heterocycles. The highest BCUT2D eigenvalue weighted by Crippen LogP contribution is 2.32. The number of ether oxygens (including phenoxy) is 1.